The van der Waals surface area contributed by atoms with Crippen LogP contribution in [0.25, 0.3) is 0 Å². The Hall–Kier alpha value is -0.950. The third-order valence-electron chi connectivity index (χ3n) is 2.61. The monoisotopic (exact) mass is 274 g/mol. The van der Waals surface area contributed by atoms with E-state index in [4.69, 9.17) is 25.8 Å². The number of Topliss-reactive ketones (excluding diaryl/α,β-unsaturated/α-hetero) is 1. The SMILES string of the molecule is COCCn1ncc(Cl)c1C(=O)CC1OCCO1. The van der Waals surface area contributed by atoms with Crippen molar-refractivity contribution >= 4 is 17.4 Å². The molecule has 1 fully saturated rings. The normalized spacial score (nSPS) is 16.3. The van der Waals surface area contributed by atoms with Gasteiger partial charge in [0.25, 0.3) is 0 Å². The molecule has 18 heavy (non-hydrogen) atoms. The van der Waals surface area contributed by atoms with Gasteiger partial charge in [-0.25, -0.2) is 0 Å². The Kier molecular flexibility index (Phi) is 4.71. The van der Waals surface area contributed by atoms with E-state index in [-0.39, 0.29) is 12.2 Å². The fourth-order valence-corrected chi connectivity index (χ4v) is 2.01. The molecule has 100 valence electrons. The van der Waals surface area contributed by atoms with E-state index in [1.54, 1.807) is 11.8 Å². The van der Waals surface area contributed by atoms with E-state index in [0.29, 0.717) is 37.1 Å². The smallest absolute Gasteiger partial charge is 0.187 e. The van der Waals surface area contributed by atoms with Crippen LogP contribution in [0.5, 0.6) is 0 Å². The summed E-state index contributed by atoms with van der Waals surface area (Å²) in [4.78, 5) is 12.1. The first-order valence-electron chi connectivity index (χ1n) is 5.69. The highest BCUT2D eigenvalue weighted by atomic mass is 35.5. The molecule has 1 aromatic heterocycles. The number of halogens is 1. The highest BCUT2D eigenvalue weighted by molar-refractivity contribution is 6.33. The van der Waals surface area contributed by atoms with Crippen molar-refractivity contribution in [3.63, 3.8) is 0 Å². The first kappa shape index (κ1) is 13.5. The highest BCUT2D eigenvalue weighted by Gasteiger charge is 2.24. The zero-order valence-corrected chi connectivity index (χ0v) is 10.9. The summed E-state index contributed by atoms with van der Waals surface area (Å²) in [5.74, 6) is -0.138. The first-order valence-corrected chi connectivity index (χ1v) is 6.07. The van der Waals surface area contributed by atoms with Crippen LogP contribution in [0, 0.1) is 0 Å². The zero-order valence-electron chi connectivity index (χ0n) is 10.1. The Labute approximate surface area is 110 Å². The lowest BCUT2D eigenvalue weighted by molar-refractivity contribution is -0.0409. The van der Waals surface area contributed by atoms with Gasteiger partial charge in [-0.05, 0) is 0 Å². The van der Waals surface area contributed by atoms with E-state index in [1.165, 1.54) is 6.20 Å². The van der Waals surface area contributed by atoms with Crippen molar-refractivity contribution in [1.82, 2.24) is 9.78 Å². The Morgan fingerprint density at radius 2 is 2.33 bits per heavy atom. The fraction of sp³-hybridized carbons (Fsp3) is 0.636. The third kappa shape index (κ3) is 3.08. The number of hydrogen-bond acceptors (Lipinski definition) is 5. The fourth-order valence-electron chi connectivity index (χ4n) is 1.76. The summed E-state index contributed by atoms with van der Waals surface area (Å²) < 4.78 is 17.0. The van der Waals surface area contributed by atoms with E-state index in [9.17, 15) is 4.79 Å². The summed E-state index contributed by atoms with van der Waals surface area (Å²) in [6.07, 6.45) is 1.14. The summed E-state index contributed by atoms with van der Waals surface area (Å²) >= 11 is 5.98. The molecule has 0 radical (unpaired) electrons. The van der Waals surface area contributed by atoms with Crippen LogP contribution in [-0.4, -0.2) is 48.8 Å². The number of methoxy groups -OCH3 is 1. The minimum atomic E-state index is -0.473. The molecule has 7 heteroatoms. The van der Waals surface area contributed by atoms with Gasteiger partial charge in [0, 0.05) is 7.11 Å². The minimum Gasteiger partial charge on any atom is -0.383 e. The second-order valence-corrected chi connectivity index (χ2v) is 4.26. The number of nitrogens with zero attached hydrogens (tertiary/aromatic N) is 2. The Morgan fingerprint density at radius 1 is 1.61 bits per heavy atom. The molecule has 1 saturated heterocycles. The molecule has 0 amide bonds. The Bertz CT molecular complexity index is 415. The second-order valence-electron chi connectivity index (χ2n) is 3.86. The van der Waals surface area contributed by atoms with Crippen LogP contribution < -0.4 is 0 Å². The number of ether oxygens (including phenoxy) is 3. The molecule has 0 aliphatic carbocycles. The lowest BCUT2D eigenvalue weighted by Gasteiger charge is -2.10. The zero-order chi connectivity index (χ0) is 13.0. The molecule has 0 saturated carbocycles. The molecular weight excluding hydrogens is 260 g/mol. The molecule has 0 atom stereocenters. The largest absolute Gasteiger partial charge is 0.383 e. The number of aromatic nitrogens is 2. The van der Waals surface area contributed by atoms with Crippen molar-refractivity contribution in [2.75, 3.05) is 26.9 Å². The van der Waals surface area contributed by atoms with Gasteiger partial charge in [0.1, 0.15) is 5.69 Å². The molecule has 1 aliphatic rings. The van der Waals surface area contributed by atoms with E-state index in [0.717, 1.165) is 0 Å². The molecular formula is C11H15ClN2O4. The number of carbonyl (C=O) groups is 1. The Balaban J connectivity index is 2.05. The van der Waals surface area contributed by atoms with Gasteiger partial charge in [0.2, 0.25) is 0 Å². The molecule has 6 nitrogen and oxygen atoms in total. The first-order chi connectivity index (χ1) is 8.72. The quantitative estimate of drug-likeness (QED) is 0.728. The second kappa shape index (κ2) is 6.29. The third-order valence-corrected chi connectivity index (χ3v) is 2.89. The van der Waals surface area contributed by atoms with Crippen molar-refractivity contribution in [2.45, 2.75) is 19.3 Å². The summed E-state index contributed by atoms with van der Waals surface area (Å²) in [5, 5.41) is 4.39. The maximum Gasteiger partial charge on any atom is 0.187 e. The molecule has 0 aromatic carbocycles. The topological polar surface area (TPSA) is 62.6 Å². The summed E-state index contributed by atoms with van der Waals surface area (Å²) in [6, 6.07) is 0. The highest BCUT2D eigenvalue weighted by Crippen LogP contribution is 2.19. The van der Waals surface area contributed by atoms with Crippen molar-refractivity contribution in [2.24, 2.45) is 0 Å². The average molecular weight is 275 g/mol. The van der Waals surface area contributed by atoms with Crippen LogP contribution in [-0.2, 0) is 20.8 Å². The molecule has 1 aliphatic heterocycles. The van der Waals surface area contributed by atoms with E-state index in [1.807, 2.05) is 0 Å². The van der Waals surface area contributed by atoms with Crippen LogP contribution in [0.4, 0.5) is 0 Å². The van der Waals surface area contributed by atoms with Crippen LogP contribution in [0.15, 0.2) is 6.20 Å². The van der Waals surface area contributed by atoms with Crippen LogP contribution >= 0.6 is 11.6 Å². The predicted molar refractivity (Wildman–Crippen MR) is 63.8 cm³/mol. The van der Waals surface area contributed by atoms with Crippen LogP contribution in [0.2, 0.25) is 5.02 Å². The van der Waals surface area contributed by atoms with Gasteiger partial charge in [-0.2, -0.15) is 5.10 Å². The molecule has 1 aromatic rings. The van der Waals surface area contributed by atoms with Gasteiger partial charge in [-0.3, -0.25) is 9.48 Å². The van der Waals surface area contributed by atoms with Gasteiger partial charge in [0.05, 0.1) is 44.0 Å². The molecule has 0 unspecified atom stereocenters. The molecule has 0 spiro atoms. The van der Waals surface area contributed by atoms with Gasteiger partial charge >= 0.3 is 0 Å². The number of carbonyl (C=O) groups excluding carboxylic acids is 1. The van der Waals surface area contributed by atoms with Crippen molar-refractivity contribution in [1.29, 1.82) is 0 Å². The number of rotatable bonds is 6. The summed E-state index contributed by atoms with van der Waals surface area (Å²) in [6.45, 7) is 1.99. The van der Waals surface area contributed by atoms with Crippen LogP contribution in [0.3, 0.4) is 0 Å². The van der Waals surface area contributed by atoms with Gasteiger partial charge in [0.15, 0.2) is 12.1 Å². The number of ketones is 1. The predicted octanol–water partition coefficient (Wildman–Crippen LogP) is 1.13. The van der Waals surface area contributed by atoms with Gasteiger partial charge in [-0.1, -0.05) is 11.6 Å². The molecule has 2 heterocycles. The van der Waals surface area contributed by atoms with Crippen molar-refractivity contribution in [3.05, 3.63) is 16.9 Å². The lowest BCUT2D eigenvalue weighted by atomic mass is 10.2. The van der Waals surface area contributed by atoms with Crippen molar-refractivity contribution < 1.29 is 19.0 Å². The van der Waals surface area contributed by atoms with Gasteiger partial charge in [-0.15, -0.1) is 0 Å². The summed E-state index contributed by atoms with van der Waals surface area (Å²) in [7, 11) is 1.59. The maximum atomic E-state index is 12.1. The van der Waals surface area contributed by atoms with E-state index >= 15 is 0 Å². The lowest BCUT2D eigenvalue weighted by Crippen LogP contribution is -2.19. The molecule has 2 rings (SSSR count). The van der Waals surface area contributed by atoms with E-state index in [2.05, 4.69) is 5.10 Å². The van der Waals surface area contributed by atoms with E-state index < -0.39 is 6.29 Å². The maximum absolute atomic E-state index is 12.1. The minimum absolute atomic E-state index is 0.138. The van der Waals surface area contributed by atoms with Crippen LogP contribution in [0.1, 0.15) is 16.9 Å². The molecule has 0 bridgehead atoms. The Morgan fingerprint density at radius 3 is 3.00 bits per heavy atom. The average Bonchev–Trinajstić information content (AvgIpc) is 2.96. The number of hydrogen-bond donors (Lipinski definition) is 0. The molecule has 0 N–H and O–H groups in total. The van der Waals surface area contributed by atoms with Crippen molar-refractivity contribution in [3.8, 4) is 0 Å². The summed E-state index contributed by atoms with van der Waals surface area (Å²) in [5.41, 5.74) is 0.382. The van der Waals surface area contributed by atoms with Gasteiger partial charge < -0.3 is 14.2 Å². The standard InChI is InChI=1S/C11H15ClN2O4/c1-16-3-2-14-11(8(12)7-13-14)9(15)6-10-17-4-5-18-10/h7,10H,2-6H2,1H3.